The molecule has 0 bridgehead atoms. The van der Waals surface area contributed by atoms with Crippen LogP contribution in [-0.2, 0) is 9.59 Å². The molecule has 1 aliphatic heterocycles. The highest BCUT2D eigenvalue weighted by atomic mass is 19.3. The molecule has 2 N–H and O–H groups in total. The predicted octanol–water partition coefficient (Wildman–Crippen LogP) is 2.02. The second-order valence-corrected chi connectivity index (χ2v) is 5.92. The number of hydrogen-bond donors (Lipinski definition) is 2. The number of rotatable bonds is 3. The molecule has 0 saturated carbocycles. The van der Waals surface area contributed by atoms with Crippen LogP contribution in [0.3, 0.4) is 0 Å². The zero-order valence-electron chi connectivity index (χ0n) is 12.1. The van der Waals surface area contributed by atoms with Crippen LogP contribution in [0.1, 0.15) is 32.4 Å². The van der Waals surface area contributed by atoms with E-state index in [4.69, 9.17) is 0 Å². The van der Waals surface area contributed by atoms with Gasteiger partial charge in [-0.25, -0.2) is 0 Å². The lowest BCUT2D eigenvalue weighted by molar-refractivity contribution is -0.144. The second-order valence-electron chi connectivity index (χ2n) is 5.92. The van der Waals surface area contributed by atoms with E-state index in [1.165, 1.54) is 0 Å². The minimum atomic E-state index is -3.48. The Morgan fingerprint density at radius 1 is 1.29 bits per heavy atom. The molecule has 0 aromatic heterocycles. The van der Waals surface area contributed by atoms with Gasteiger partial charge in [0.1, 0.15) is 0 Å². The summed E-state index contributed by atoms with van der Waals surface area (Å²) in [7, 11) is 0. The van der Waals surface area contributed by atoms with Crippen LogP contribution in [-0.4, -0.2) is 23.8 Å². The Labute approximate surface area is 121 Å². The predicted molar refractivity (Wildman–Crippen MR) is 73.7 cm³/mol. The van der Waals surface area contributed by atoms with Gasteiger partial charge < -0.3 is 10.6 Å². The van der Waals surface area contributed by atoms with Crippen molar-refractivity contribution in [2.45, 2.75) is 38.8 Å². The summed E-state index contributed by atoms with van der Waals surface area (Å²) in [5.74, 6) is -5.14. The zero-order valence-corrected chi connectivity index (χ0v) is 12.1. The Bertz CT molecular complexity index is 553. The number of alkyl halides is 2. The third-order valence-electron chi connectivity index (χ3n) is 3.83. The fourth-order valence-electron chi connectivity index (χ4n) is 2.44. The van der Waals surface area contributed by atoms with Crippen molar-refractivity contribution in [3.05, 3.63) is 35.9 Å². The summed E-state index contributed by atoms with van der Waals surface area (Å²) < 4.78 is 26.3. The maximum Gasteiger partial charge on any atom is 0.321 e. The van der Waals surface area contributed by atoms with Gasteiger partial charge in [-0.3, -0.25) is 9.59 Å². The van der Waals surface area contributed by atoms with Crippen LogP contribution in [0, 0.1) is 5.41 Å². The average molecular weight is 296 g/mol. The number of amides is 2. The SMILES string of the molecule is CC(F)(F)C(=O)NC1C(c2ccccc2)NC(=O)C1(C)C. The Kier molecular flexibility index (Phi) is 3.74. The fraction of sp³-hybridized carbons (Fsp3) is 0.467. The van der Waals surface area contributed by atoms with E-state index in [0.29, 0.717) is 6.92 Å². The van der Waals surface area contributed by atoms with E-state index in [2.05, 4.69) is 10.6 Å². The molecule has 1 saturated heterocycles. The van der Waals surface area contributed by atoms with Crippen molar-refractivity contribution in [3.8, 4) is 0 Å². The lowest BCUT2D eigenvalue weighted by Gasteiger charge is -2.29. The molecule has 0 radical (unpaired) electrons. The summed E-state index contributed by atoms with van der Waals surface area (Å²) in [5, 5.41) is 5.08. The van der Waals surface area contributed by atoms with Gasteiger partial charge in [-0.05, 0) is 19.4 Å². The Morgan fingerprint density at radius 3 is 2.38 bits per heavy atom. The minimum Gasteiger partial charge on any atom is -0.347 e. The number of benzene rings is 1. The van der Waals surface area contributed by atoms with Crippen LogP contribution in [0.5, 0.6) is 0 Å². The van der Waals surface area contributed by atoms with E-state index >= 15 is 0 Å². The summed E-state index contributed by atoms with van der Waals surface area (Å²) in [5.41, 5.74) is -0.206. The lowest BCUT2D eigenvalue weighted by atomic mass is 9.82. The Morgan fingerprint density at radius 2 is 1.86 bits per heavy atom. The van der Waals surface area contributed by atoms with Crippen molar-refractivity contribution in [2.24, 2.45) is 5.41 Å². The zero-order chi connectivity index (χ0) is 15.8. The van der Waals surface area contributed by atoms with E-state index in [0.717, 1.165) is 5.56 Å². The number of nitrogens with one attached hydrogen (secondary N) is 2. The smallest absolute Gasteiger partial charge is 0.321 e. The van der Waals surface area contributed by atoms with Crippen molar-refractivity contribution in [2.75, 3.05) is 0 Å². The van der Waals surface area contributed by atoms with E-state index in [-0.39, 0.29) is 5.91 Å². The van der Waals surface area contributed by atoms with Gasteiger partial charge in [-0.15, -0.1) is 0 Å². The molecule has 0 aliphatic carbocycles. The van der Waals surface area contributed by atoms with E-state index in [9.17, 15) is 18.4 Å². The summed E-state index contributed by atoms with van der Waals surface area (Å²) in [6.45, 7) is 3.80. The van der Waals surface area contributed by atoms with Crippen LogP contribution in [0.25, 0.3) is 0 Å². The summed E-state index contributed by atoms with van der Waals surface area (Å²) in [6.07, 6.45) is 0. The summed E-state index contributed by atoms with van der Waals surface area (Å²) in [6, 6.07) is 7.70. The quantitative estimate of drug-likeness (QED) is 0.896. The maximum absolute atomic E-state index is 13.1. The van der Waals surface area contributed by atoms with Gasteiger partial charge in [0.25, 0.3) is 5.91 Å². The maximum atomic E-state index is 13.1. The first kappa shape index (κ1) is 15.4. The third-order valence-corrected chi connectivity index (χ3v) is 3.83. The largest absolute Gasteiger partial charge is 0.347 e. The van der Waals surface area contributed by atoms with Gasteiger partial charge in [0.05, 0.1) is 17.5 Å². The van der Waals surface area contributed by atoms with Crippen LogP contribution >= 0.6 is 0 Å². The molecule has 2 amide bonds. The van der Waals surface area contributed by atoms with Crippen LogP contribution in [0.2, 0.25) is 0 Å². The van der Waals surface area contributed by atoms with Gasteiger partial charge >= 0.3 is 5.92 Å². The number of carbonyl (C=O) groups is 2. The highest BCUT2D eigenvalue weighted by Crippen LogP contribution is 2.37. The molecule has 4 nitrogen and oxygen atoms in total. The molecule has 2 rings (SSSR count). The van der Waals surface area contributed by atoms with Crippen LogP contribution in [0.15, 0.2) is 30.3 Å². The fourth-order valence-corrected chi connectivity index (χ4v) is 2.44. The van der Waals surface area contributed by atoms with Gasteiger partial charge in [0.15, 0.2) is 0 Å². The third kappa shape index (κ3) is 2.89. The molecule has 1 fully saturated rings. The topological polar surface area (TPSA) is 58.2 Å². The van der Waals surface area contributed by atoms with Gasteiger partial charge in [0.2, 0.25) is 5.91 Å². The molecule has 1 aromatic carbocycles. The molecule has 1 aliphatic rings. The molecule has 6 heteroatoms. The van der Waals surface area contributed by atoms with Crippen LogP contribution < -0.4 is 10.6 Å². The van der Waals surface area contributed by atoms with Gasteiger partial charge in [-0.1, -0.05) is 30.3 Å². The number of carbonyl (C=O) groups excluding carboxylic acids is 2. The van der Waals surface area contributed by atoms with E-state index in [1.54, 1.807) is 38.1 Å². The number of halogens is 2. The molecule has 21 heavy (non-hydrogen) atoms. The van der Waals surface area contributed by atoms with Crippen molar-refractivity contribution >= 4 is 11.8 Å². The van der Waals surface area contributed by atoms with Gasteiger partial charge in [-0.2, -0.15) is 8.78 Å². The molecule has 0 spiro atoms. The van der Waals surface area contributed by atoms with E-state index < -0.39 is 29.3 Å². The van der Waals surface area contributed by atoms with Crippen molar-refractivity contribution in [1.82, 2.24) is 10.6 Å². The first-order chi connectivity index (χ1) is 9.64. The van der Waals surface area contributed by atoms with E-state index in [1.807, 2.05) is 6.07 Å². The molecular weight excluding hydrogens is 278 g/mol. The normalized spacial score (nSPS) is 24.5. The van der Waals surface area contributed by atoms with Crippen molar-refractivity contribution in [3.63, 3.8) is 0 Å². The molecule has 2 unspecified atom stereocenters. The van der Waals surface area contributed by atoms with Crippen molar-refractivity contribution in [1.29, 1.82) is 0 Å². The molecule has 1 aromatic rings. The Hall–Kier alpha value is -1.98. The van der Waals surface area contributed by atoms with Crippen molar-refractivity contribution < 1.29 is 18.4 Å². The average Bonchev–Trinajstić information content (AvgIpc) is 2.62. The molecular formula is C15H18F2N2O2. The highest BCUT2D eigenvalue weighted by molar-refractivity contribution is 5.89. The van der Waals surface area contributed by atoms with Crippen LogP contribution in [0.4, 0.5) is 8.78 Å². The minimum absolute atomic E-state index is 0.277. The second kappa shape index (κ2) is 5.09. The molecule has 114 valence electrons. The molecule has 1 heterocycles. The van der Waals surface area contributed by atoms with Gasteiger partial charge in [0, 0.05) is 6.92 Å². The summed E-state index contributed by atoms with van der Waals surface area (Å²) >= 11 is 0. The first-order valence-corrected chi connectivity index (χ1v) is 6.68. The standard InChI is InChI=1S/C15H18F2N2O2/c1-14(2)11(19-13(21)15(3,16)17)10(18-12(14)20)9-7-5-4-6-8-9/h4-8,10-11H,1-3H3,(H,18,20)(H,19,21). The Balaban J connectivity index is 2.32. The highest BCUT2D eigenvalue weighted by Gasteiger charge is 2.51. The first-order valence-electron chi connectivity index (χ1n) is 6.68. The monoisotopic (exact) mass is 296 g/mol. The lowest BCUT2D eigenvalue weighted by Crippen LogP contribution is -2.51. The summed E-state index contributed by atoms with van der Waals surface area (Å²) in [4.78, 5) is 23.7. The molecule has 2 atom stereocenters. The number of hydrogen-bond acceptors (Lipinski definition) is 2.